The Morgan fingerprint density at radius 2 is 1.42 bits per heavy atom. The molecule has 0 atom stereocenters. The van der Waals surface area contributed by atoms with Crippen LogP contribution in [0.1, 0.15) is 52.6 Å². The minimum Gasteiger partial charge on any atom is -0.380 e. The molecule has 8 nitrogen and oxygen atoms in total. The van der Waals surface area contributed by atoms with Crippen molar-refractivity contribution in [2.45, 2.75) is 39.2 Å². The van der Waals surface area contributed by atoms with E-state index in [0.717, 1.165) is 41.0 Å². The Morgan fingerprint density at radius 1 is 0.884 bits per heavy atom. The van der Waals surface area contributed by atoms with Crippen LogP contribution in [0.5, 0.6) is 0 Å². The van der Waals surface area contributed by atoms with E-state index < -0.39 is 5.60 Å². The molecular formula is C34H36N6O2S. The number of Topliss-reactive ketones (excluding diaryl/α,β-unsaturated/α-hetero) is 1. The van der Waals surface area contributed by atoms with E-state index in [-0.39, 0.29) is 16.8 Å². The van der Waals surface area contributed by atoms with Gasteiger partial charge in [0, 0.05) is 35.7 Å². The summed E-state index contributed by atoms with van der Waals surface area (Å²) in [7, 11) is 0. The van der Waals surface area contributed by atoms with Crippen LogP contribution < -0.4 is 10.6 Å². The Hall–Kier alpha value is -4.47. The third-order valence-electron chi connectivity index (χ3n) is 7.77. The molecule has 4 aromatic rings. The van der Waals surface area contributed by atoms with Gasteiger partial charge < -0.3 is 15.3 Å². The predicted molar refractivity (Wildman–Crippen MR) is 175 cm³/mol. The molecule has 0 saturated carbocycles. The van der Waals surface area contributed by atoms with Gasteiger partial charge in [-0.25, -0.2) is 9.97 Å². The maximum atomic E-state index is 12.3. The topological polar surface area (TPSA) is 103 Å². The van der Waals surface area contributed by atoms with Crippen LogP contribution in [0.25, 0.3) is 0 Å². The van der Waals surface area contributed by atoms with Crippen molar-refractivity contribution in [1.82, 2.24) is 14.9 Å². The molecule has 9 heteroatoms. The molecule has 1 aliphatic heterocycles. The highest BCUT2D eigenvalue weighted by atomic mass is 32.1. The number of likely N-dealkylation sites (tertiary alicyclic amines) is 1. The fraction of sp³-hybridized carbons (Fsp3) is 0.265. The monoisotopic (exact) mass is 592 g/mol. The predicted octanol–water partition coefficient (Wildman–Crippen LogP) is 6.11. The minimum atomic E-state index is -1.13. The highest BCUT2D eigenvalue weighted by molar-refractivity contribution is 7.80. The van der Waals surface area contributed by atoms with Crippen molar-refractivity contribution in [3.63, 3.8) is 0 Å². The highest BCUT2D eigenvalue weighted by Crippen LogP contribution is 2.42. The second kappa shape index (κ2) is 13.2. The van der Waals surface area contributed by atoms with Gasteiger partial charge in [-0.1, -0.05) is 60.7 Å². The van der Waals surface area contributed by atoms with Crippen LogP contribution in [-0.4, -0.2) is 49.9 Å². The second-order valence-electron chi connectivity index (χ2n) is 10.9. The molecule has 3 N–H and O–H groups in total. The normalized spacial score (nSPS) is 14.3. The molecule has 220 valence electrons. The van der Waals surface area contributed by atoms with E-state index >= 15 is 0 Å². The van der Waals surface area contributed by atoms with Crippen LogP contribution in [0, 0.1) is 19.8 Å². The first-order valence-corrected chi connectivity index (χ1v) is 14.8. The molecule has 0 unspecified atom stereocenters. The largest absolute Gasteiger partial charge is 0.380 e. The summed E-state index contributed by atoms with van der Waals surface area (Å²) < 4.78 is 0. The number of aliphatic hydroxyl groups is 1. The molecule has 1 fully saturated rings. The average molecular weight is 593 g/mol. The minimum absolute atomic E-state index is 0.00177. The van der Waals surface area contributed by atoms with Crippen LogP contribution in [0.4, 0.5) is 11.6 Å². The van der Waals surface area contributed by atoms with Gasteiger partial charge in [-0.2, -0.15) is 4.99 Å². The first kappa shape index (κ1) is 30.0. The van der Waals surface area contributed by atoms with Crippen molar-refractivity contribution in [2.24, 2.45) is 10.9 Å². The van der Waals surface area contributed by atoms with E-state index in [1.54, 1.807) is 24.3 Å². The number of aliphatic imine (C=N–C) groups is 1. The van der Waals surface area contributed by atoms with Gasteiger partial charge in [0.1, 0.15) is 5.60 Å². The number of hydrogen-bond acceptors (Lipinski definition) is 5. The Bertz CT molecular complexity index is 1540. The third kappa shape index (κ3) is 7.13. The first-order chi connectivity index (χ1) is 20.7. The van der Waals surface area contributed by atoms with Crippen molar-refractivity contribution in [1.29, 1.82) is 0 Å². The number of rotatable bonds is 6. The van der Waals surface area contributed by atoms with Crippen molar-refractivity contribution in [3.05, 3.63) is 119 Å². The lowest BCUT2D eigenvalue weighted by Gasteiger charge is -2.43. The summed E-state index contributed by atoms with van der Waals surface area (Å²) in [6.07, 6.45) is 1.45. The lowest BCUT2D eigenvalue weighted by atomic mass is 9.72. The maximum Gasteiger partial charge on any atom is 0.229 e. The number of nitrogens with zero attached hydrogens (tertiary/aromatic N) is 4. The number of aromatic nitrogens is 2. The van der Waals surface area contributed by atoms with Crippen LogP contribution in [0.2, 0.25) is 0 Å². The molecule has 0 aliphatic carbocycles. The molecular weight excluding hydrogens is 556 g/mol. The molecule has 1 aliphatic rings. The number of benzene rings is 3. The molecule has 5 rings (SSSR count). The molecule has 0 amide bonds. The molecule has 3 aromatic carbocycles. The van der Waals surface area contributed by atoms with Crippen LogP contribution in [-0.2, 0) is 5.60 Å². The number of hydrogen-bond donors (Lipinski definition) is 3. The van der Waals surface area contributed by atoms with Crippen LogP contribution in [0.3, 0.4) is 0 Å². The lowest BCUT2D eigenvalue weighted by Crippen LogP contribution is -2.48. The number of carbonyl (C=O) groups is 1. The number of nitrogens with one attached hydrogen (secondary N) is 2. The van der Waals surface area contributed by atoms with E-state index in [4.69, 9.17) is 17.2 Å². The van der Waals surface area contributed by atoms with E-state index in [2.05, 4.69) is 25.5 Å². The van der Waals surface area contributed by atoms with E-state index in [1.807, 2.05) is 80.6 Å². The van der Waals surface area contributed by atoms with Gasteiger partial charge in [-0.15, -0.1) is 0 Å². The quantitative estimate of drug-likeness (QED) is 0.107. The summed E-state index contributed by atoms with van der Waals surface area (Å²) in [6, 6.07) is 28.8. The fourth-order valence-electron chi connectivity index (χ4n) is 5.63. The molecule has 0 bridgehead atoms. The van der Waals surface area contributed by atoms with Gasteiger partial charge in [0.15, 0.2) is 5.78 Å². The van der Waals surface area contributed by atoms with Gasteiger partial charge >= 0.3 is 0 Å². The smallest absolute Gasteiger partial charge is 0.229 e. The third-order valence-corrected chi connectivity index (χ3v) is 7.96. The number of thiocarbonyl (C=S) groups is 1. The zero-order chi connectivity index (χ0) is 30.4. The van der Waals surface area contributed by atoms with Crippen molar-refractivity contribution >= 4 is 40.7 Å². The molecule has 1 saturated heterocycles. The van der Waals surface area contributed by atoms with Crippen LogP contribution in [0.15, 0.2) is 96.0 Å². The molecule has 43 heavy (non-hydrogen) atoms. The second-order valence-corrected chi connectivity index (χ2v) is 11.2. The summed E-state index contributed by atoms with van der Waals surface area (Å²) in [5, 5.41) is 19.0. The number of piperidine rings is 1. The molecule has 2 heterocycles. The Morgan fingerprint density at radius 3 is 1.93 bits per heavy atom. The van der Waals surface area contributed by atoms with Crippen molar-refractivity contribution in [2.75, 3.05) is 23.7 Å². The van der Waals surface area contributed by atoms with Crippen molar-refractivity contribution in [3.8, 4) is 0 Å². The Labute approximate surface area is 257 Å². The first-order valence-electron chi connectivity index (χ1n) is 14.4. The number of ketones is 1. The van der Waals surface area contributed by atoms with Gasteiger partial charge in [-0.3, -0.25) is 10.1 Å². The van der Waals surface area contributed by atoms with E-state index in [0.29, 0.717) is 30.6 Å². The summed E-state index contributed by atoms with van der Waals surface area (Å²) >= 11 is 5.63. The number of guanidine groups is 1. The van der Waals surface area contributed by atoms with Gasteiger partial charge in [0.05, 0.1) is 0 Å². The summed E-state index contributed by atoms with van der Waals surface area (Å²) in [6.45, 7) is 6.66. The number of anilines is 2. The van der Waals surface area contributed by atoms with E-state index in [1.165, 1.54) is 6.92 Å². The molecule has 0 spiro atoms. The van der Waals surface area contributed by atoms with Gasteiger partial charge in [-0.05, 0) is 93.2 Å². The van der Waals surface area contributed by atoms with Crippen molar-refractivity contribution < 1.29 is 9.90 Å². The van der Waals surface area contributed by atoms with E-state index in [9.17, 15) is 9.90 Å². The fourth-order valence-corrected chi connectivity index (χ4v) is 5.83. The zero-order valence-corrected chi connectivity index (χ0v) is 25.4. The summed E-state index contributed by atoms with van der Waals surface area (Å²) in [5.74, 6) is 0.959. The SMILES string of the molecule is CC(=O)c1ccc(NC(=S)/N=C(/Nc2nc(C)cc(C)n2)N2CCC(C(O)(c3ccccc3)c3ccccc3)CC2)cc1. The maximum absolute atomic E-state index is 12.3. The molecule has 0 radical (unpaired) electrons. The highest BCUT2D eigenvalue weighted by Gasteiger charge is 2.42. The summed E-state index contributed by atoms with van der Waals surface area (Å²) in [4.78, 5) is 27.6. The average Bonchev–Trinajstić information content (AvgIpc) is 3.01. The van der Waals surface area contributed by atoms with Crippen LogP contribution >= 0.6 is 12.2 Å². The lowest BCUT2D eigenvalue weighted by molar-refractivity contribution is -0.00653. The number of carbonyl (C=O) groups excluding carboxylic acids is 1. The molecule has 1 aromatic heterocycles. The zero-order valence-electron chi connectivity index (χ0n) is 24.6. The van der Waals surface area contributed by atoms with Gasteiger partial charge in [0.25, 0.3) is 0 Å². The van der Waals surface area contributed by atoms with Gasteiger partial charge in [0.2, 0.25) is 17.0 Å². The summed E-state index contributed by atoms with van der Waals surface area (Å²) in [5.41, 5.74) is 3.69. The standard InChI is InChI=1S/C34H36N6O2S/c1-23-22-24(2)36-31(35-23)38-32(39-33(43)37-30-16-14-26(15-17-30)25(3)41)40-20-18-29(19-21-40)34(42,27-10-6-4-7-11-27)28-12-8-5-9-13-28/h4-17,22,29,42H,18-21H2,1-3H3,(H2,35,36,37,38,39,43). The Balaban J connectivity index is 1.39. The number of aryl methyl sites for hydroxylation is 2. The Kier molecular flexibility index (Phi) is 9.23.